The summed E-state index contributed by atoms with van der Waals surface area (Å²) in [4.78, 5) is 54.2. The second kappa shape index (κ2) is 15.2. The molecule has 1 atom stereocenters. The molecule has 12 nitrogen and oxygen atoms in total. The van der Waals surface area contributed by atoms with Gasteiger partial charge in [0.1, 0.15) is 11.6 Å². The lowest BCUT2D eigenvalue weighted by Gasteiger charge is -2.31. The molecule has 0 bridgehead atoms. The molecule has 3 aromatic rings. The van der Waals surface area contributed by atoms with Gasteiger partial charge in [0.25, 0.3) is 5.91 Å². The van der Waals surface area contributed by atoms with Crippen molar-refractivity contribution in [3.63, 3.8) is 0 Å². The van der Waals surface area contributed by atoms with E-state index in [1.807, 2.05) is 4.90 Å². The summed E-state index contributed by atoms with van der Waals surface area (Å²) in [6.45, 7) is 4.76. The van der Waals surface area contributed by atoms with Crippen LogP contribution in [-0.4, -0.2) is 71.5 Å². The highest BCUT2D eigenvalue weighted by Crippen LogP contribution is 2.41. The van der Waals surface area contributed by atoms with E-state index in [9.17, 15) is 32.3 Å². The van der Waals surface area contributed by atoms with Crippen LogP contribution in [0.1, 0.15) is 45.1 Å². The molecule has 1 unspecified atom stereocenters. The molecule has 3 fully saturated rings. The van der Waals surface area contributed by atoms with E-state index in [0.29, 0.717) is 43.7 Å². The van der Waals surface area contributed by atoms with E-state index in [0.717, 1.165) is 17.0 Å². The molecule has 0 radical (unpaired) electrons. The van der Waals surface area contributed by atoms with Gasteiger partial charge < -0.3 is 26.0 Å². The third-order valence-electron chi connectivity index (χ3n) is 9.72. The summed E-state index contributed by atoms with van der Waals surface area (Å²) in [5, 5.41) is 8.17. The molecule has 17 heteroatoms. The molecular weight excluding hydrogens is 731 g/mol. The summed E-state index contributed by atoms with van der Waals surface area (Å²) in [5.74, 6) is -2.07. The van der Waals surface area contributed by atoms with Crippen molar-refractivity contribution in [1.82, 2.24) is 10.2 Å². The minimum absolute atomic E-state index is 0.00524. The second-order valence-electron chi connectivity index (χ2n) is 14.0. The van der Waals surface area contributed by atoms with Gasteiger partial charge in [0.2, 0.25) is 17.7 Å². The molecule has 0 aliphatic carbocycles. The number of nitrogens with two attached hydrogens (primary N) is 1. The Hall–Kier alpha value is -5.29. The van der Waals surface area contributed by atoms with Crippen molar-refractivity contribution in [1.29, 1.82) is 0 Å². The van der Waals surface area contributed by atoms with Gasteiger partial charge in [0.15, 0.2) is 16.7 Å². The lowest BCUT2D eigenvalue weighted by Crippen LogP contribution is -2.47. The molecular formula is C37H39F4N7O5S. The summed E-state index contributed by atoms with van der Waals surface area (Å²) in [6.07, 6.45) is -2.68. The highest BCUT2D eigenvalue weighted by molar-refractivity contribution is 7.81. The fraction of sp³-hybridized carbons (Fsp3) is 0.378. The minimum Gasteiger partial charge on any atom is -0.490 e. The zero-order valence-corrected chi connectivity index (χ0v) is 30.3. The van der Waals surface area contributed by atoms with Gasteiger partial charge in [-0.15, -0.1) is 0 Å². The molecule has 3 aliphatic heterocycles. The summed E-state index contributed by atoms with van der Waals surface area (Å²) in [6, 6.07) is 13.7. The van der Waals surface area contributed by atoms with Gasteiger partial charge in [-0.3, -0.25) is 34.3 Å². The van der Waals surface area contributed by atoms with Crippen LogP contribution in [0.25, 0.3) is 0 Å². The normalized spacial score (nSPS) is 19.6. The van der Waals surface area contributed by atoms with Gasteiger partial charge in [-0.1, -0.05) is 6.07 Å². The van der Waals surface area contributed by atoms with Gasteiger partial charge in [-0.2, -0.15) is 13.2 Å². The first-order valence-electron chi connectivity index (χ1n) is 17.3. The van der Waals surface area contributed by atoms with Crippen LogP contribution in [0.4, 0.5) is 46.0 Å². The van der Waals surface area contributed by atoms with E-state index in [1.54, 1.807) is 38.1 Å². The Labute approximate surface area is 314 Å². The maximum atomic E-state index is 15.4. The largest absolute Gasteiger partial charge is 0.490 e. The Balaban J connectivity index is 0.996. The number of carbonyl (C=O) groups excluding carboxylic acids is 4. The van der Waals surface area contributed by atoms with E-state index >= 15 is 4.39 Å². The van der Waals surface area contributed by atoms with Crippen molar-refractivity contribution in [2.24, 2.45) is 5.92 Å². The number of piperidine rings is 2. The molecule has 54 heavy (non-hydrogen) atoms. The molecule has 3 aliphatic rings. The van der Waals surface area contributed by atoms with Gasteiger partial charge in [0.05, 0.1) is 24.4 Å². The van der Waals surface area contributed by atoms with Gasteiger partial charge >= 0.3 is 6.18 Å². The molecule has 4 amide bonds. The summed E-state index contributed by atoms with van der Waals surface area (Å²) < 4.78 is 62.0. The number of imide groups is 1. The van der Waals surface area contributed by atoms with E-state index < -0.39 is 40.7 Å². The fourth-order valence-corrected chi connectivity index (χ4v) is 7.29. The first kappa shape index (κ1) is 38.4. The van der Waals surface area contributed by atoms with Gasteiger partial charge in [0, 0.05) is 35.2 Å². The lowest BCUT2D eigenvalue weighted by molar-refractivity contribution is -0.137. The van der Waals surface area contributed by atoms with Gasteiger partial charge in [-0.25, -0.2) is 4.39 Å². The van der Waals surface area contributed by atoms with Crippen LogP contribution in [0.15, 0.2) is 60.7 Å². The first-order valence-corrected chi connectivity index (χ1v) is 17.7. The number of likely N-dealkylation sites (tertiary alicyclic amines) is 1. The highest BCUT2D eigenvalue weighted by Gasteiger charge is 2.51. The van der Waals surface area contributed by atoms with Crippen LogP contribution in [0.3, 0.4) is 0 Å². The third kappa shape index (κ3) is 8.26. The number of nitrogen functional groups attached to an aromatic ring is 1. The average molecular weight is 770 g/mol. The molecule has 0 saturated carbocycles. The van der Waals surface area contributed by atoms with E-state index in [4.69, 9.17) is 22.7 Å². The monoisotopic (exact) mass is 769 g/mol. The predicted molar refractivity (Wildman–Crippen MR) is 198 cm³/mol. The maximum Gasteiger partial charge on any atom is 0.418 e. The predicted octanol–water partition coefficient (Wildman–Crippen LogP) is 5.29. The first-order chi connectivity index (χ1) is 25.5. The Morgan fingerprint density at radius 3 is 2.39 bits per heavy atom. The minimum atomic E-state index is -4.75. The van der Waals surface area contributed by atoms with Crippen molar-refractivity contribution in [2.75, 3.05) is 52.4 Å². The molecule has 3 aromatic carbocycles. The van der Waals surface area contributed by atoms with Crippen LogP contribution in [0.2, 0.25) is 0 Å². The van der Waals surface area contributed by atoms with Crippen molar-refractivity contribution >= 4 is 69.4 Å². The van der Waals surface area contributed by atoms with E-state index in [1.165, 1.54) is 29.2 Å². The fourth-order valence-electron chi connectivity index (χ4n) is 6.77. The third-order valence-corrected chi connectivity index (χ3v) is 10.1. The Morgan fingerprint density at radius 1 is 1.00 bits per heavy atom. The van der Waals surface area contributed by atoms with E-state index in [-0.39, 0.29) is 65.4 Å². The number of thiocarbonyl (C=S) groups is 1. The zero-order valence-electron chi connectivity index (χ0n) is 29.5. The number of benzene rings is 3. The standard InChI is InChI=1S/C37H39F4N7O5S/c1-36(2)34(52)47(24-6-8-28(42)26(17-24)37(39,40)41)35(54)48(36)25-7-10-30(27(38)18-25)53-20-21-12-14-46(15-13-21)19-32(50)44-23-5-3-4-22(16-23)43-29-9-11-31(49)45-33(29)51/h3-8,10,16-18,21,29,43H,9,11-15,19-20,42H2,1-2H3,(H,44,50)(H,45,49,51). The molecule has 0 aromatic heterocycles. The van der Waals surface area contributed by atoms with Crippen molar-refractivity contribution in [3.8, 4) is 5.75 Å². The highest BCUT2D eigenvalue weighted by atomic mass is 32.1. The number of amides is 4. The Morgan fingerprint density at radius 2 is 1.70 bits per heavy atom. The quantitative estimate of drug-likeness (QED) is 0.0928. The summed E-state index contributed by atoms with van der Waals surface area (Å²) >= 11 is 5.55. The number of alkyl halides is 3. The van der Waals surface area contributed by atoms with Crippen molar-refractivity contribution in [2.45, 2.75) is 57.3 Å². The Bertz CT molecular complexity index is 1990. The number of carbonyl (C=O) groups is 4. The van der Waals surface area contributed by atoms with Crippen molar-refractivity contribution in [3.05, 3.63) is 72.0 Å². The molecule has 286 valence electrons. The summed E-state index contributed by atoms with van der Waals surface area (Å²) in [5.41, 5.74) is 3.91. The number of hydrogen-bond acceptors (Lipinski definition) is 9. The zero-order chi connectivity index (χ0) is 38.9. The topological polar surface area (TPSA) is 149 Å². The second-order valence-corrected chi connectivity index (χ2v) is 14.4. The van der Waals surface area contributed by atoms with Crippen LogP contribution < -0.4 is 36.2 Å². The number of nitrogens with one attached hydrogen (secondary N) is 3. The number of nitrogens with zero attached hydrogens (tertiary/aromatic N) is 3. The SMILES string of the molecule is CC1(C)C(=O)N(c2ccc(N)c(C(F)(F)F)c2)C(=S)N1c1ccc(OCC2CCN(CC(=O)Nc3cccc(NC4CCC(=O)NC4=O)c3)CC2)c(F)c1. The number of hydrogen-bond donors (Lipinski definition) is 4. The average Bonchev–Trinajstić information content (AvgIpc) is 3.28. The van der Waals surface area contributed by atoms with E-state index in [2.05, 4.69) is 16.0 Å². The maximum absolute atomic E-state index is 15.4. The van der Waals surface area contributed by atoms with Crippen LogP contribution in [-0.2, 0) is 25.4 Å². The number of ether oxygens (including phenoxy) is 1. The number of anilines is 5. The van der Waals surface area contributed by atoms with Crippen LogP contribution in [0.5, 0.6) is 5.75 Å². The number of halogens is 4. The Kier molecular flexibility index (Phi) is 10.8. The number of rotatable bonds is 10. The molecule has 5 N–H and O–H groups in total. The molecule has 3 heterocycles. The molecule has 6 rings (SSSR count). The van der Waals surface area contributed by atoms with Crippen molar-refractivity contribution < 1.29 is 41.5 Å². The summed E-state index contributed by atoms with van der Waals surface area (Å²) in [7, 11) is 0. The smallest absolute Gasteiger partial charge is 0.418 e. The molecule has 0 spiro atoms. The van der Waals surface area contributed by atoms with Gasteiger partial charge in [-0.05, 0) is 113 Å². The molecule has 3 saturated heterocycles. The lowest BCUT2D eigenvalue weighted by atomic mass is 9.98. The van der Waals surface area contributed by atoms with Crippen LogP contribution >= 0.6 is 12.2 Å². The van der Waals surface area contributed by atoms with Crippen LogP contribution in [0, 0.1) is 11.7 Å².